The summed E-state index contributed by atoms with van der Waals surface area (Å²) in [5.74, 6) is -3.08. The van der Waals surface area contributed by atoms with E-state index in [1.165, 1.54) is 11.0 Å². The molecule has 8 heteroatoms. The number of aromatic nitrogens is 2. The number of hydrogen-bond acceptors (Lipinski definition) is 6. The Morgan fingerprint density at radius 2 is 1.44 bits per heavy atom. The normalized spacial score (nSPS) is 20.1. The molecule has 1 aliphatic rings. The van der Waals surface area contributed by atoms with Crippen molar-refractivity contribution in [1.29, 1.82) is 0 Å². The molecule has 3 heterocycles. The van der Waals surface area contributed by atoms with Gasteiger partial charge in [-0.2, -0.15) is 0 Å². The summed E-state index contributed by atoms with van der Waals surface area (Å²) in [6.45, 7) is 2.19. The molecule has 4 rings (SSSR count). The number of nitrogens with zero attached hydrogens (tertiary/aromatic N) is 4. The smallest absolute Gasteiger partial charge is 0.236 e. The summed E-state index contributed by atoms with van der Waals surface area (Å²) in [6.07, 6.45) is 3.09. The third-order valence-electron chi connectivity index (χ3n) is 6.81. The average Bonchev–Trinajstić information content (AvgIpc) is 2.90. The van der Waals surface area contributed by atoms with Crippen LogP contribution in [0.25, 0.3) is 0 Å². The lowest BCUT2D eigenvalue weighted by Gasteiger charge is -2.43. The predicted molar refractivity (Wildman–Crippen MR) is 133 cm³/mol. The Kier molecular flexibility index (Phi) is 7.64. The SMILES string of the molecule is Cc1c(F)cccc1C1C(C(=O)c2ccccn2)CN(CC(=O)N(C)C)CC1C(=O)c1ccccn1. The molecule has 1 fully saturated rings. The van der Waals surface area contributed by atoms with Crippen LogP contribution in [-0.4, -0.2) is 71.0 Å². The molecule has 1 aliphatic heterocycles. The zero-order valence-corrected chi connectivity index (χ0v) is 20.6. The average molecular weight is 489 g/mol. The van der Waals surface area contributed by atoms with Crippen LogP contribution in [0.1, 0.15) is 38.0 Å². The number of halogens is 1. The van der Waals surface area contributed by atoms with Crippen molar-refractivity contribution in [2.24, 2.45) is 11.8 Å². The summed E-state index contributed by atoms with van der Waals surface area (Å²) in [5.41, 5.74) is 1.55. The number of piperidine rings is 1. The number of benzene rings is 1. The summed E-state index contributed by atoms with van der Waals surface area (Å²) in [7, 11) is 3.33. The van der Waals surface area contributed by atoms with E-state index >= 15 is 0 Å². The Bertz CT molecular complexity index is 1190. The number of Topliss-reactive ketones (excluding diaryl/α,β-unsaturated/α-hetero) is 2. The van der Waals surface area contributed by atoms with Crippen molar-refractivity contribution in [2.75, 3.05) is 33.7 Å². The monoisotopic (exact) mass is 488 g/mol. The maximum Gasteiger partial charge on any atom is 0.236 e. The fraction of sp³-hybridized carbons (Fsp3) is 0.321. The van der Waals surface area contributed by atoms with E-state index in [4.69, 9.17) is 0 Å². The first kappa shape index (κ1) is 25.3. The topological polar surface area (TPSA) is 83.5 Å². The number of carbonyl (C=O) groups excluding carboxylic acids is 3. The van der Waals surface area contributed by atoms with Gasteiger partial charge in [0.05, 0.1) is 6.54 Å². The second kappa shape index (κ2) is 10.9. The fourth-order valence-corrected chi connectivity index (χ4v) is 4.91. The van der Waals surface area contributed by atoms with Crippen molar-refractivity contribution in [3.8, 4) is 0 Å². The van der Waals surface area contributed by atoms with Crippen LogP contribution in [0.3, 0.4) is 0 Å². The lowest BCUT2D eigenvalue weighted by atomic mass is 9.68. The second-order valence-electron chi connectivity index (χ2n) is 9.33. The molecule has 0 aliphatic carbocycles. The van der Waals surface area contributed by atoms with Gasteiger partial charge in [0.2, 0.25) is 5.91 Å². The molecule has 2 aromatic heterocycles. The molecule has 2 unspecified atom stereocenters. The van der Waals surface area contributed by atoms with E-state index in [1.807, 2.05) is 4.90 Å². The van der Waals surface area contributed by atoms with E-state index in [9.17, 15) is 18.8 Å². The number of likely N-dealkylation sites (tertiary alicyclic amines) is 1. The Hall–Kier alpha value is -3.78. The van der Waals surface area contributed by atoms with Gasteiger partial charge in [-0.1, -0.05) is 24.3 Å². The molecule has 1 saturated heterocycles. The van der Waals surface area contributed by atoms with Crippen LogP contribution in [-0.2, 0) is 4.79 Å². The molecular formula is C28H29FN4O3. The predicted octanol–water partition coefficient (Wildman–Crippen LogP) is 3.41. The van der Waals surface area contributed by atoms with Crippen LogP contribution in [0, 0.1) is 24.6 Å². The zero-order valence-electron chi connectivity index (χ0n) is 20.6. The highest BCUT2D eigenvalue weighted by Crippen LogP contribution is 2.42. The molecule has 1 aromatic carbocycles. The number of carbonyl (C=O) groups is 3. The van der Waals surface area contributed by atoms with E-state index < -0.39 is 23.6 Å². The van der Waals surface area contributed by atoms with E-state index in [0.29, 0.717) is 11.1 Å². The van der Waals surface area contributed by atoms with Crippen LogP contribution in [0.5, 0.6) is 0 Å². The van der Waals surface area contributed by atoms with E-state index in [1.54, 1.807) is 81.9 Å². The molecule has 0 spiro atoms. The molecule has 3 aromatic rings. The Morgan fingerprint density at radius 1 is 0.889 bits per heavy atom. The van der Waals surface area contributed by atoms with Crippen molar-refractivity contribution in [3.05, 3.63) is 95.3 Å². The molecule has 186 valence electrons. The van der Waals surface area contributed by atoms with Crippen molar-refractivity contribution in [3.63, 3.8) is 0 Å². The quantitative estimate of drug-likeness (QED) is 0.474. The fourth-order valence-electron chi connectivity index (χ4n) is 4.91. The number of rotatable bonds is 7. The van der Waals surface area contributed by atoms with Gasteiger partial charge in [-0.25, -0.2) is 4.39 Å². The maximum atomic E-state index is 14.7. The summed E-state index contributed by atoms with van der Waals surface area (Å²) in [5, 5.41) is 0. The largest absolute Gasteiger partial charge is 0.348 e. The molecule has 0 radical (unpaired) electrons. The Labute approximate surface area is 210 Å². The molecule has 0 saturated carbocycles. The third-order valence-corrected chi connectivity index (χ3v) is 6.81. The molecule has 36 heavy (non-hydrogen) atoms. The molecular weight excluding hydrogens is 459 g/mol. The van der Waals surface area contributed by atoms with Gasteiger partial charge in [-0.15, -0.1) is 0 Å². The number of ketones is 2. The van der Waals surface area contributed by atoms with Gasteiger partial charge in [-0.05, 0) is 48.4 Å². The van der Waals surface area contributed by atoms with Crippen LogP contribution in [0.4, 0.5) is 4.39 Å². The van der Waals surface area contributed by atoms with Gasteiger partial charge >= 0.3 is 0 Å². The van der Waals surface area contributed by atoms with Gasteiger partial charge in [0, 0.05) is 57.3 Å². The third kappa shape index (κ3) is 5.23. The summed E-state index contributed by atoms with van der Waals surface area (Å²) in [6, 6.07) is 14.9. The number of hydrogen-bond donors (Lipinski definition) is 0. The van der Waals surface area contributed by atoms with Gasteiger partial charge in [-0.3, -0.25) is 29.3 Å². The highest BCUT2D eigenvalue weighted by molar-refractivity contribution is 6.00. The minimum atomic E-state index is -0.721. The molecule has 0 bridgehead atoms. The minimum Gasteiger partial charge on any atom is -0.348 e. The molecule has 2 atom stereocenters. The van der Waals surface area contributed by atoms with Gasteiger partial charge in [0.1, 0.15) is 17.2 Å². The summed E-state index contributed by atoms with van der Waals surface area (Å²) in [4.78, 5) is 52.1. The summed E-state index contributed by atoms with van der Waals surface area (Å²) >= 11 is 0. The molecule has 0 N–H and O–H groups in total. The van der Waals surface area contributed by atoms with Gasteiger partial charge < -0.3 is 4.90 Å². The second-order valence-corrected chi connectivity index (χ2v) is 9.33. The van der Waals surface area contributed by atoms with Crippen molar-refractivity contribution >= 4 is 17.5 Å². The number of amides is 1. The van der Waals surface area contributed by atoms with Crippen molar-refractivity contribution < 1.29 is 18.8 Å². The Balaban J connectivity index is 1.85. The standard InChI is InChI=1S/C28H29FN4O3/c1-18-19(9-8-10-22(18)29)26-20(27(35)23-11-4-6-13-30-23)15-33(17-25(34)32(2)3)16-21(26)28(36)24-12-5-7-14-31-24/h4-14,20-21,26H,15-17H2,1-3H3. The maximum absolute atomic E-state index is 14.7. The van der Waals surface area contributed by atoms with Gasteiger partial charge in [0.15, 0.2) is 11.6 Å². The van der Waals surface area contributed by atoms with E-state index in [0.717, 1.165) is 0 Å². The van der Waals surface area contributed by atoms with E-state index in [2.05, 4.69) is 9.97 Å². The first-order valence-corrected chi connectivity index (χ1v) is 11.9. The molecule has 1 amide bonds. The zero-order chi connectivity index (χ0) is 25.8. The van der Waals surface area contributed by atoms with Crippen LogP contribution in [0.2, 0.25) is 0 Å². The van der Waals surface area contributed by atoms with E-state index in [-0.39, 0.29) is 48.5 Å². The number of pyridine rings is 2. The van der Waals surface area contributed by atoms with Crippen molar-refractivity contribution in [1.82, 2.24) is 19.8 Å². The minimum absolute atomic E-state index is 0.0554. The lowest BCUT2D eigenvalue weighted by Crippen LogP contribution is -2.52. The highest BCUT2D eigenvalue weighted by Gasteiger charge is 2.46. The summed E-state index contributed by atoms with van der Waals surface area (Å²) < 4.78 is 14.7. The van der Waals surface area contributed by atoms with Gasteiger partial charge in [0.25, 0.3) is 0 Å². The molecule has 7 nitrogen and oxygen atoms in total. The first-order valence-electron chi connectivity index (χ1n) is 11.9. The van der Waals surface area contributed by atoms with Crippen LogP contribution >= 0.6 is 0 Å². The first-order chi connectivity index (χ1) is 17.3. The van der Waals surface area contributed by atoms with Crippen LogP contribution in [0.15, 0.2) is 67.0 Å². The Morgan fingerprint density at radius 3 is 1.92 bits per heavy atom. The van der Waals surface area contributed by atoms with Crippen molar-refractivity contribution in [2.45, 2.75) is 12.8 Å². The van der Waals surface area contributed by atoms with Crippen LogP contribution < -0.4 is 0 Å². The highest BCUT2D eigenvalue weighted by atomic mass is 19.1. The lowest BCUT2D eigenvalue weighted by molar-refractivity contribution is -0.130. The number of likely N-dealkylation sites (N-methyl/N-ethyl adjacent to an activating group) is 1.